The number of carbonyl (C=O) groups excluding carboxylic acids is 1. The third-order valence-corrected chi connectivity index (χ3v) is 4.40. The normalized spacial score (nSPS) is 22.2. The van der Waals surface area contributed by atoms with E-state index in [4.69, 9.17) is 0 Å². The molecule has 0 spiro atoms. The van der Waals surface area contributed by atoms with Crippen LogP contribution >= 0.6 is 0 Å². The molecule has 0 radical (unpaired) electrons. The first-order valence-electron chi connectivity index (χ1n) is 5.16. The van der Waals surface area contributed by atoms with Crippen LogP contribution in [0.25, 0.3) is 0 Å². The van der Waals surface area contributed by atoms with E-state index >= 15 is 0 Å². The molecule has 1 aliphatic heterocycles. The molecule has 0 aromatic carbocycles. The molecular formula is C10H12N2O4S. The second-order valence-corrected chi connectivity index (χ2v) is 6.22. The van der Waals surface area contributed by atoms with Crippen LogP contribution in [0.15, 0.2) is 23.3 Å². The van der Waals surface area contributed by atoms with Gasteiger partial charge in [-0.05, 0) is 6.42 Å². The van der Waals surface area contributed by atoms with E-state index in [1.165, 1.54) is 18.5 Å². The molecule has 1 aromatic heterocycles. The highest BCUT2D eigenvalue weighted by atomic mass is 32.2. The van der Waals surface area contributed by atoms with E-state index in [1.54, 1.807) is 0 Å². The first-order chi connectivity index (χ1) is 7.98. The monoisotopic (exact) mass is 256 g/mol. The third-order valence-electron chi connectivity index (χ3n) is 2.64. The number of hydrogen-bond acceptors (Lipinski definition) is 4. The van der Waals surface area contributed by atoms with Gasteiger partial charge < -0.3 is 10.3 Å². The van der Waals surface area contributed by atoms with Gasteiger partial charge in [-0.3, -0.25) is 9.59 Å². The summed E-state index contributed by atoms with van der Waals surface area (Å²) in [6.07, 6.45) is 3.14. The van der Waals surface area contributed by atoms with Crippen molar-refractivity contribution in [2.45, 2.75) is 12.5 Å². The zero-order chi connectivity index (χ0) is 12.5. The number of aromatic nitrogens is 1. The Kier molecular flexibility index (Phi) is 3.01. The number of aromatic amines is 1. The van der Waals surface area contributed by atoms with Gasteiger partial charge in [0, 0.05) is 24.5 Å². The predicted octanol–water partition coefficient (Wildman–Crippen LogP) is -0.708. The molecule has 92 valence electrons. The summed E-state index contributed by atoms with van der Waals surface area (Å²) in [6, 6.07) is 0.854. The van der Waals surface area contributed by atoms with Gasteiger partial charge in [-0.1, -0.05) is 0 Å². The fraction of sp³-hybridized carbons (Fsp3) is 0.400. The zero-order valence-corrected chi connectivity index (χ0v) is 9.79. The Labute approximate surface area is 98.0 Å². The number of amides is 1. The van der Waals surface area contributed by atoms with Crippen molar-refractivity contribution in [1.82, 2.24) is 10.3 Å². The summed E-state index contributed by atoms with van der Waals surface area (Å²) in [5, 5.41) is 2.55. The lowest BCUT2D eigenvalue weighted by Gasteiger charge is -2.09. The minimum atomic E-state index is -3.03. The third kappa shape index (κ3) is 2.73. The van der Waals surface area contributed by atoms with Crippen LogP contribution in [0.2, 0.25) is 0 Å². The molecule has 6 nitrogen and oxygen atoms in total. The van der Waals surface area contributed by atoms with Crippen LogP contribution in [-0.4, -0.2) is 36.9 Å². The fourth-order valence-corrected chi connectivity index (χ4v) is 3.44. The van der Waals surface area contributed by atoms with Gasteiger partial charge >= 0.3 is 0 Å². The highest BCUT2D eigenvalue weighted by Gasteiger charge is 2.29. The first-order valence-corrected chi connectivity index (χ1v) is 6.98. The molecule has 2 heterocycles. The zero-order valence-electron chi connectivity index (χ0n) is 8.97. The Bertz CT molecular complexity index is 590. The lowest BCUT2D eigenvalue weighted by Crippen LogP contribution is -2.37. The van der Waals surface area contributed by atoms with E-state index in [2.05, 4.69) is 10.3 Å². The number of nitrogens with one attached hydrogen (secondary N) is 2. The van der Waals surface area contributed by atoms with Gasteiger partial charge in [0.05, 0.1) is 11.5 Å². The highest BCUT2D eigenvalue weighted by Crippen LogP contribution is 2.11. The van der Waals surface area contributed by atoms with Crippen LogP contribution in [-0.2, 0) is 9.84 Å². The number of pyridine rings is 1. The summed E-state index contributed by atoms with van der Waals surface area (Å²) in [5.41, 5.74) is -0.390. The number of carbonyl (C=O) groups is 1. The molecule has 1 aromatic rings. The lowest BCUT2D eigenvalue weighted by atomic mass is 10.2. The van der Waals surface area contributed by atoms with Crippen LogP contribution in [0.1, 0.15) is 16.8 Å². The topological polar surface area (TPSA) is 96.1 Å². The van der Waals surface area contributed by atoms with Crippen molar-refractivity contribution >= 4 is 15.7 Å². The quantitative estimate of drug-likeness (QED) is 0.730. The van der Waals surface area contributed by atoms with Crippen molar-refractivity contribution in [1.29, 1.82) is 0 Å². The van der Waals surface area contributed by atoms with Crippen LogP contribution in [0.4, 0.5) is 0 Å². The molecule has 1 saturated heterocycles. The molecule has 1 aliphatic rings. The minimum absolute atomic E-state index is 0.00296. The first kappa shape index (κ1) is 11.8. The van der Waals surface area contributed by atoms with Crippen molar-refractivity contribution in [3.05, 3.63) is 34.2 Å². The van der Waals surface area contributed by atoms with Crippen molar-refractivity contribution in [2.75, 3.05) is 11.5 Å². The van der Waals surface area contributed by atoms with Gasteiger partial charge in [0.2, 0.25) is 0 Å². The van der Waals surface area contributed by atoms with Crippen LogP contribution in [0.5, 0.6) is 0 Å². The van der Waals surface area contributed by atoms with E-state index in [1.807, 2.05) is 0 Å². The molecule has 2 rings (SSSR count). The molecule has 0 aliphatic carbocycles. The SMILES string of the molecule is O=C(NC1CCS(=O)(=O)C1)c1c[nH]ccc1=O. The van der Waals surface area contributed by atoms with Crippen LogP contribution < -0.4 is 10.7 Å². The molecule has 1 atom stereocenters. The van der Waals surface area contributed by atoms with Gasteiger partial charge in [-0.2, -0.15) is 0 Å². The van der Waals surface area contributed by atoms with E-state index in [0.717, 1.165) is 0 Å². The van der Waals surface area contributed by atoms with Crippen molar-refractivity contribution in [2.24, 2.45) is 0 Å². The van der Waals surface area contributed by atoms with Gasteiger partial charge in [0.25, 0.3) is 5.91 Å². The van der Waals surface area contributed by atoms with Gasteiger partial charge in [0.15, 0.2) is 15.3 Å². The van der Waals surface area contributed by atoms with Crippen molar-refractivity contribution in [3.8, 4) is 0 Å². The number of H-pyrrole nitrogens is 1. The fourth-order valence-electron chi connectivity index (χ4n) is 1.77. The highest BCUT2D eigenvalue weighted by molar-refractivity contribution is 7.91. The number of sulfone groups is 1. The molecule has 17 heavy (non-hydrogen) atoms. The summed E-state index contributed by atoms with van der Waals surface area (Å²) in [7, 11) is -3.03. The van der Waals surface area contributed by atoms with E-state index in [9.17, 15) is 18.0 Å². The average molecular weight is 256 g/mol. The Morgan fingerprint density at radius 1 is 1.47 bits per heavy atom. The molecule has 0 bridgehead atoms. The summed E-state index contributed by atoms with van der Waals surface area (Å²) in [6.45, 7) is 0. The minimum Gasteiger partial charge on any atom is -0.367 e. The largest absolute Gasteiger partial charge is 0.367 e. The maximum atomic E-state index is 11.7. The second kappa shape index (κ2) is 4.33. The molecular weight excluding hydrogens is 244 g/mol. The molecule has 1 unspecified atom stereocenters. The van der Waals surface area contributed by atoms with Crippen molar-refractivity contribution in [3.63, 3.8) is 0 Å². The summed E-state index contributed by atoms with van der Waals surface area (Å²) >= 11 is 0. The summed E-state index contributed by atoms with van der Waals surface area (Å²) in [5.74, 6) is -0.499. The standard InChI is InChI=1S/C10H12N2O4S/c13-9-1-3-11-5-8(9)10(14)12-7-2-4-17(15,16)6-7/h1,3,5,7H,2,4,6H2,(H,11,13)(H,12,14). The Morgan fingerprint density at radius 3 is 2.82 bits per heavy atom. The number of hydrogen-bond donors (Lipinski definition) is 2. The molecule has 0 saturated carbocycles. The Balaban J connectivity index is 2.09. The van der Waals surface area contributed by atoms with E-state index in [0.29, 0.717) is 6.42 Å². The molecule has 2 N–H and O–H groups in total. The average Bonchev–Trinajstić information content (AvgIpc) is 2.58. The van der Waals surface area contributed by atoms with Crippen LogP contribution in [0, 0.1) is 0 Å². The summed E-state index contributed by atoms with van der Waals surface area (Å²) < 4.78 is 22.4. The maximum absolute atomic E-state index is 11.7. The number of rotatable bonds is 2. The van der Waals surface area contributed by atoms with Gasteiger partial charge in [-0.15, -0.1) is 0 Å². The Hall–Kier alpha value is -1.63. The van der Waals surface area contributed by atoms with Gasteiger partial charge in [0.1, 0.15) is 5.56 Å². The lowest BCUT2D eigenvalue weighted by molar-refractivity contribution is 0.0939. The molecule has 7 heteroatoms. The Morgan fingerprint density at radius 2 is 2.24 bits per heavy atom. The van der Waals surface area contributed by atoms with Crippen LogP contribution in [0.3, 0.4) is 0 Å². The summed E-state index contributed by atoms with van der Waals surface area (Å²) in [4.78, 5) is 25.7. The van der Waals surface area contributed by atoms with E-state index in [-0.39, 0.29) is 22.5 Å². The molecule has 1 fully saturated rings. The van der Waals surface area contributed by atoms with Gasteiger partial charge in [-0.25, -0.2) is 8.42 Å². The van der Waals surface area contributed by atoms with Crippen molar-refractivity contribution < 1.29 is 13.2 Å². The smallest absolute Gasteiger partial charge is 0.256 e. The predicted molar refractivity (Wildman–Crippen MR) is 61.6 cm³/mol. The maximum Gasteiger partial charge on any atom is 0.256 e. The second-order valence-electron chi connectivity index (χ2n) is 4.00. The molecule has 1 amide bonds. The van der Waals surface area contributed by atoms with E-state index < -0.39 is 21.8 Å².